The predicted octanol–water partition coefficient (Wildman–Crippen LogP) is 8.44. The Morgan fingerprint density at radius 3 is 1.46 bits per heavy atom. The maximum absolute atomic E-state index is 4.37. The molecule has 7 heterocycles. The van der Waals surface area contributed by atoms with Gasteiger partial charge in [0.15, 0.2) is 0 Å². The van der Waals surface area contributed by atoms with Gasteiger partial charge in [-0.25, -0.2) is 4.68 Å². The van der Waals surface area contributed by atoms with Gasteiger partial charge in [-0.15, -0.1) is 9.59 Å². The highest BCUT2D eigenvalue weighted by atomic mass is 15.5. The second-order valence-electron chi connectivity index (χ2n) is 12.3. The van der Waals surface area contributed by atoms with Crippen LogP contribution in [0.25, 0.3) is 28.2 Å². The summed E-state index contributed by atoms with van der Waals surface area (Å²) < 4.78 is 1.82. The third-order valence-corrected chi connectivity index (χ3v) is 7.97. The van der Waals surface area contributed by atoms with Crippen LogP contribution in [-0.2, 0) is 0 Å². The van der Waals surface area contributed by atoms with Gasteiger partial charge in [-0.1, -0.05) is 37.8 Å². The van der Waals surface area contributed by atoms with E-state index in [1.54, 1.807) is 46.8 Å². The van der Waals surface area contributed by atoms with Gasteiger partial charge < -0.3 is 0 Å². The van der Waals surface area contributed by atoms with Crippen molar-refractivity contribution < 1.29 is 0 Å². The zero-order valence-electron chi connectivity index (χ0n) is 31.4. The van der Waals surface area contributed by atoms with Crippen LogP contribution >= 0.6 is 0 Å². The Bertz CT molecular complexity index is 2120. The van der Waals surface area contributed by atoms with Crippen LogP contribution in [-0.4, -0.2) is 59.7 Å². The van der Waals surface area contributed by atoms with E-state index in [2.05, 4.69) is 82.7 Å². The van der Waals surface area contributed by atoms with E-state index in [9.17, 15) is 0 Å². The Morgan fingerprint density at radius 1 is 0.444 bits per heavy atom. The van der Waals surface area contributed by atoms with Gasteiger partial charge in [-0.05, 0) is 115 Å². The summed E-state index contributed by atoms with van der Waals surface area (Å²) in [5.41, 5.74) is 13.8. The van der Waals surface area contributed by atoms with Crippen LogP contribution in [0, 0.1) is 55.4 Å². The Kier molecular flexibility index (Phi) is 14.3. The average molecular weight is 721 g/mol. The Hall–Kier alpha value is -6.69. The molecule has 54 heavy (non-hydrogen) atoms. The van der Waals surface area contributed by atoms with Crippen molar-refractivity contribution >= 4 is 0 Å². The molecule has 0 saturated carbocycles. The summed E-state index contributed by atoms with van der Waals surface area (Å²) in [6.45, 7) is 16.0. The molecule has 276 valence electrons. The summed E-state index contributed by atoms with van der Waals surface area (Å²) >= 11 is 0. The number of aromatic nitrogens is 12. The van der Waals surface area contributed by atoms with E-state index in [1.165, 1.54) is 16.7 Å². The summed E-state index contributed by atoms with van der Waals surface area (Å²) in [7, 11) is 0. The first-order chi connectivity index (χ1) is 25.6. The molecule has 12 nitrogen and oxygen atoms in total. The van der Waals surface area contributed by atoms with E-state index in [-0.39, 0.29) is 7.43 Å². The minimum absolute atomic E-state index is 0. The van der Waals surface area contributed by atoms with Crippen LogP contribution in [0.4, 0.5) is 0 Å². The normalized spacial score (nSPS) is 10.1. The number of nitrogens with zero attached hydrogens (tertiary/aromatic N) is 12. The second kappa shape index (κ2) is 19.2. The molecule has 12 heteroatoms. The van der Waals surface area contributed by atoms with Crippen LogP contribution < -0.4 is 0 Å². The van der Waals surface area contributed by atoms with Gasteiger partial charge in [-0.2, -0.15) is 25.5 Å². The molecule has 0 bridgehead atoms. The van der Waals surface area contributed by atoms with E-state index in [0.717, 1.165) is 56.8 Å². The zero-order valence-corrected chi connectivity index (χ0v) is 31.4. The number of rotatable bonds is 4. The molecule has 0 radical (unpaired) electrons. The Morgan fingerprint density at radius 2 is 0.963 bits per heavy atom. The predicted molar refractivity (Wildman–Crippen MR) is 214 cm³/mol. The number of aryl methyl sites for hydroxylation is 8. The second-order valence-corrected chi connectivity index (χ2v) is 12.3. The Labute approximate surface area is 317 Å². The lowest BCUT2D eigenvalue weighted by molar-refractivity contribution is 0.740. The smallest absolute Gasteiger partial charge is 0.107 e. The fraction of sp³-hybridized carbons (Fsp3) is 0.214. The zero-order chi connectivity index (χ0) is 37.7. The lowest BCUT2D eigenvalue weighted by atomic mass is 10.0. The van der Waals surface area contributed by atoms with Crippen molar-refractivity contribution in [3.63, 3.8) is 0 Å². The first kappa shape index (κ1) is 40.1. The molecule has 0 aliphatic carbocycles. The van der Waals surface area contributed by atoms with E-state index < -0.39 is 0 Å². The molecule has 0 fully saturated rings. The molecule has 8 rings (SSSR count). The minimum atomic E-state index is 0. The molecule has 0 spiro atoms. The molecular weight excluding hydrogens is 673 g/mol. The maximum Gasteiger partial charge on any atom is 0.107 e. The van der Waals surface area contributed by atoms with Crippen molar-refractivity contribution in [2.24, 2.45) is 0 Å². The molecule has 1 aromatic carbocycles. The summed E-state index contributed by atoms with van der Waals surface area (Å²) in [6, 6.07) is 24.3. The average Bonchev–Trinajstić information content (AvgIpc) is 3.95. The van der Waals surface area contributed by atoms with Gasteiger partial charge >= 0.3 is 0 Å². The van der Waals surface area contributed by atoms with Crippen LogP contribution in [0.1, 0.15) is 52.7 Å². The van der Waals surface area contributed by atoms with Crippen molar-refractivity contribution in [3.05, 3.63) is 168 Å². The Balaban J connectivity index is 0.000000160. The fourth-order valence-corrected chi connectivity index (χ4v) is 5.42. The van der Waals surface area contributed by atoms with Crippen molar-refractivity contribution in [2.45, 2.75) is 62.8 Å². The highest BCUT2D eigenvalue weighted by Gasteiger charge is 2.05. The number of hydrogen-bond acceptors (Lipinski definition) is 9. The SMILES string of the molecule is C.Cc1cc(C)c(-c2ccccc2)cn1.Cc1cc(C)c(-n2nccn2)cn1.Cc1ccc(-n2cccn2)c(C)n1.Cc1ccc(-n2nccn2)c(C)n1. The van der Waals surface area contributed by atoms with Crippen molar-refractivity contribution in [1.82, 2.24) is 59.7 Å². The van der Waals surface area contributed by atoms with E-state index in [1.807, 2.05) is 108 Å². The molecule has 0 N–H and O–H groups in total. The molecule has 8 aromatic rings. The highest BCUT2D eigenvalue weighted by Crippen LogP contribution is 2.22. The summed E-state index contributed by atoms with van der Waals surface area (Å²) in [5.74, 6) is 0. The largest absolute Gasteiger partial charge is 0.261 e. The number of hydrogen-bond donors (Lipinski definition) is 0. The maximum atomic E-state index is 4.37. The van der Waals surface area contributed by atoms with Crippen LogP contribution in [0.15, 0.2) is 122 Å². The van der Waals surface area contributed by atoms with Gasteiger partial charge in [0.1, 0.15) is 11.4 Å². The van der Waals surface area contributed by atoms with Gasteiger partial charge in [0, 0.05) is 46.9 Å². The monoisotopic (exact) mass is 720 g/mol. The lowest BCUT2D eigenvalue weighted by Gasteiger charge is -2.05. The lowest BCUT2D eigenvalue weighted by Crippen LogP contribution is -2.02. The highest BCUT2D eigenvalue weighted by molar-refractivity contribution is 5.66. The van der Waals surface area contributed by atoms with Gasteiger partial charge in [-0.3, -0.25) is 19.9 Å². The molecule has 0 atom stereocenters. The summed E-state index contributed by atoms with van der Waals surface area (Å²) in [4.78, 5) is 20.4. The number of benzene rings is 1. The fourth-order valence-electron chi connectivity index (χ4n) is 5.42. The van der Waals surface area contributed by atoms with Crippen LogP contribution in [0.3, 0.4) is 0 Å². The third-order valence-electron chi connectivity index (χ3n) is 7.97. The molecular formula is C42H48N12. The standard InChI is InChI=1S/C13H13N.C10H11N3.2C9H10N4.CH4/c1-10-8-11(2)14-9-13(10)12-6-4-3-5-7-12;1-8-4-5-10(9(2)12-8)13-7-3-6-11-13;1-7-5-8(2)10-6-9(7)13-11-3-4-12-13;1-7-3-4-9(8(2)12-7)13-10-5-6-11-13;/h3-9H,1-2H3;3-7H,1-2H3;2*3-6H,1-2H3;1H4. The quantitative estimate of drug-likeness (QED) is 0.176. The van der Waals surface area contributed by atoms with Gasteiger partial charge in [0.25, 0.3) is 0 Å². The van der Waals surface area contributed by atoms with Crippen molar-refractivity contribution in [2.75, 3.05) is 0 Å². The van der Waals surface area contributed by atoms with E-state index in [0.29, 0.717) is 0 Å². The first-order valence-electron chi connectivity index (χ1n) is 17.1. The first-order valence-corrected chi connectivity index (χ1v) is 17.1. The van der Waals surface area contributed by atoms with Crippen molar-refractivity contribution in [3.8, 4) is 28.2 Å². The van der Waals surface area contributed by atoms with Gasteiger partial charge in [0.2, 0.25) is 0 Å². The van der Waals surface area contributed by atoms with Gasteiger partial charge in [0.05, 0.1) is 48.1 Å². The molecule has 0 aliphatic rings. The van der Waals surface area contributed by atoms with Crippen molar-refractivity contribution in [1.29, 1.82) is 0 Å². The topological polar surface area (TPSA) is 131 Å². The molecule has 0 unspecified atom stereocenters. The van der Waals surface area contributed by atoms with Crippen LogP contribution in [0.5, 0.6) is 0 Å². The summed E-state index contributed by atoms with van der Waals surface area (Å²) in [5, 5.41) is 20.3. The minimum Gasteiger partial charge on any atom is -0.261 e. The molecule has 7 aromatic heterocycles. The van der Waals surface area contributed by atoms with E-state index in [4.69, 9.17) is 0 Å². The van der Waals surface area contributed by atoms with Crippen LogP contribution in [0.2, 0.25) is 0 Å². The third kappa shape index (κ3) is 10.9. The van der Waals surface area contributed by atoms with E-state index >= 15 is 0 Å². The summed E-state index contributed by atoms with van der Waals surface area (Å²) in [6.07, 6.45) is 14.0. The molecule has 0 saturated heterocycles. The molecule has 0 amide bonds. The molecule has 0 aliphatic heterocycles. The number of pyridine rings is 4.